The van der Waals surface area contributed by atoms with E-state index >= 15 is 0 Å². The Morgan fingerprint density at radius 1 is 1.11 bits per heavy atom. The van der Waals surface area contributed by atoms with Gasteiger partial charge in [-0.3, -0.25) is 4.79 Å². The van der Waals surface area contributed by atoms with Gasteiger partial charge in [-0.1, -0.05) is 54.1 Å². The van der Waals surface area contributed by atoms with Crippen molar-refractivity contribution in [3.8, 4) is 0 Å². The summed E-state index contributed by atoms with van der Waals surface area (Å²) in [5.41, 5.74) is 2.32. The fraction of sp³-hybridized carbons (Fsp3) is 0.353. The zero-order valence-corrected chi connectivity index (χ0v) is 11.8. The summed E-state index contributed by atoms with van der Waals surface area (Å²) in [6.45, 7) is 4.55. The summed E-state index contributed by atoms with van der Waals surface area (Å²) in [7, 11) is 0. The molecule has 0 aromatic heterocycles. The highest BCUT2D eigenvalue weighted by atomic mass is 16.5. The molecule has 0 aliphatic heterocycles. The number of hydrogen-bond donors (Lipinski definition) is 0. The Labute approximate surface area is 115 Å². The maximum Gasteiger partial charge on any atom is 0.310 e. The summed E-state index contributed by atoms with van der Waals surface area (Å²) in [6.07, 6.45) is 8.52. The molecule has 0 radical (unpaired) electrons. The summed E-state index contributed by atoms with van der Waals surface area (Å²) < 4.78 is 5.13. The summed E-state index contributed by atoms with van der Waals surface area (Å²) >= 11 is 0. The molecule has 102 valence electrons. The van der Waals surface area contributed by atoms with E-state index in [2.05, 4.69) is 26.0 Å². The lowest BCUT2D eigenvalue weighted by molar-refractivity contribution is -0.141. The number of carbonyl (C=O) groups excluding carboxylic acids is 1. The monoisotopic (exact) mass is 258 g/mol. The van der Waals surface area contributed by atoms with Crippen LogP contribution >= 0.6 is 0 Å². The summed E-state index contributed by atoms with van der Waals surface area (Å²) in [5, 5.41) is 0. The zero-order chi connectivity index (χ0) is 13.9. The van der Waals surface area contributed by atoms with Crippen molar-refractivity contribution >= 4 is 5.97 Å². The van der Waals surface area contributed by atoms with Gasteiger partial charge in [-0.05, 0) is 32.3 Å². The van der Waals surface area contributed by atoms with Crippen LogP contribution < -0.4 is 0 Å². The molecule has 0 spiro atoms. The Morgan fingerprint density at radius 2 is 1.84 bits per heavy atom. The number of ether oxygens (including phenoxy) is 1. The van der Waals surface area contributed by atoms with Crippen LogP contribution in [0.15, 0.2) is 54.1 Å². The van der Waals surface area contributed by atoms with Gasteiger partial charge in [0, 0.05) is 0 Å². The third kappa shape index (κ3) is 7.98. The van der Waals surface area contributed by atoms with Crippen LogP contribution in [0.2, 0.25) is 0 Å². The van der Waals surface area contributed by atoms with Gasteiger partial charge in [0.1, 0.15) is 6.61 Å². The van der Waals surface area contributed by atoms with E-state index in [1.54, 1.807) is 0 Å². The third-order valence-electron chi connectivity index (χ3n) is 2.58. The molecule has 0 aliphatic rings. The second kappa shape index (κ2) is 9.15. The van der Waals surface area contributed by atoms with Gasteiger partial charge in [0.05, 0.1) is 6.42 Å². The predicted molar refractivity (Wildman–Crippen MR) is 78.9 cm³/mol. The maximum atomic E-state index is 11.5. The van der Waals surface area contributed by atoms with Gasteiger partial charge in [0.15, 0.2) is 0 Å². The lowest BCUT2D eigenvalue weighted by atomic mass is 10.2. The molecular formula is C17H22O2. The molecule has 19 heavy (non-hydrogen) atoms. The molecule has 0 saturated carbocycles. The Bertz CT molecular complexity index is 426. The summed E-state index contributed by atoms with van der Waals surface area (Å²) in [5.74, 6) is -0.180. The average molecular weight is 258 g/mol. The van der Waals surface area contributed by atoms with E-state index in [1.807, 2.05) is 36.4 Å². The zero-order valence-electron chi connectivity index (χ0n) is 11.8. The molecule has 0 amide bonds. The molecule has 0 fully saturated rings. The SMILES string of the molecule is CC(C)=CCC/C=C/COC(=O)Cc1ccccc1. The fourth-order valence-corrected chi connectivity index (χ4v) is 1.61. The molecule has 0 N–H and O–H groups in total. The van der Waals surface area contributed by atoms with E-state index < -0.39 is 0 Å². The van der Waals surface area contributed by atoms with E-state index in [4.69, 9.17) is 4.74 Å². The van der Waals surface area contributed by atoms with Crippen molar-refractivity contribution in [3.63, 3.8) is 0 Å². The van der Waals surface area contributed by atoms with Crippen LogP contribution in [-0.2, 0) is 16.0 Å². The average Bonchev–Trinajstić information content (AvgIpc) is 2.38. The molecule has 2 nitrogen and oxygen atoms in total. The molecule has 0 bridgehead atoms. The lowest BCUT2D eigenvalue weighted by Crippen LogP contribution is -2.07. The van der Waals surface area contributed by atoms with Gasteiger partial charge in [-0.2, -0.15) is 0 Å². The molecule has 0 saturated heterocycles. The largest absolute Gasteiger partial charge is 0.461 e. The molecule has 1 aromatic rings. The highest BCUT2D eigenvalue weighted by molar-refractivity contribution is 5.72. The number of rotatable bonds is 7. The molecule has 0 atom stereocenters. The molecule has 2 heteroatoms. The second-order valence-corrected chi connectivity index (χ2v) is 4.68. The molecule has 0 heterocycles. The van der Waals surface area contributed by atoms with Crippen LogP contribution in [0.5, 0.6) is 0 Å². The van der Waals surface area contributed by atoms with Crippen LogP contribution in [-0.4, -0.2) is 12.6 Å². The Hall–Kier alpha value is -1.83. The van der Waals surface area contributed by atoms with E-state index in [1.165, 1.54) is 5.57 Å². The van der Waals surface area contributed by atoms with E-state index in [0.717, 1.165) is 18.4 Å². The number of allylic oxidation sites excluding steroid dienone is 3. The molecule has 0 aliphatic carbocycles. The molecule has 0 unspecified atom stereocenters. The van der Waals surface area contributed by atoms with Crippen LogP contribution in [0.3, 0.4) is 0 Å². The minimum atomic E-state index is -0.180. The first-order valence-corrected chi connectivity index (χ1v) is 6.66. The predicted octanol–water partition coefficient (Wildman–Crippen LogP) is 4.07. The molecule has 1 aromatic carbocycles. The smallest absolute Gasteiger partial charge is 0.310 e. The number of hydrogen-bond acceptors (Lipinski definition) is 2. The molecular weight excluding hydrogens is 236 g/mol. The van der Waals surface area contributed by atoms with Crippen LogP contribution in [0.4, 0.5) is 0 Å². The highest BCUT2D eigenvalue weighted by Crippen LogP contribution is 2.01. The number of benzene rings is 1. The van der Waals surface area contributed by atoms with Crippen molar-refractivity contribution in [3.05, 3.63) is 59.7 Å². The minimum absolute atomic E-state index is 0.180. The maximum absolute atomic E-state index is 11.5. The van der Waals surface area contributed by atoms with Crippen molar-refractivity contribution in [2.24, 2.45) is 0 Å². The van der Waals surface area contributed by atoms with Gasteiger partial charge >= 0.3 is 5.97 Å². The Morgan fingerprint density at radius 3 is 2.53 bits per heavy atom. The fourth-order valence-electron chi connectivity index (χ4n) is 1.61. The van der Waals surface area contributed by atoms with Gasteiger partial charge < -0.3 is 4.74 Å². The van der Waals surface area contributed by atoms with Crippen molar-refractivity contribution in [1.29, 1.82) is 0 Å². The van der Waals surface area contributed by atoms with Crippen LogP contribution in [0.25, 0.3) is 0 Å². The van der Waals surface area contributed by atoms with Gasteiger partial charge in [0.25, 0.3) is 0 Å². The number of unbranched alkanes of at least 4 members (excludes halogenated alkanes) is 1. The van der Waals surface area contributed by atoms with Crippen molar-refractivity contribution in [2.75, 3.05) is 6.61 Å². The Kier molecular flexibility index (Phi) is 7.33. The number of esters is 1. The van der Waals surface area contributed by atoms with Gasteiger partial charge in [-0.25, -0.2) is 0 Å². The first-order chi connectivity index (χ1) is 9.18. The second-order valence-electron chi connectivity index (χ2n) is 4.68. The van der Waals surface area contributed by atoms with Crippen LogP contribution in [0.1, 0.15) is 32.3 Å². The van der Waals surface area contributed by atoms with Crippen molar-refractivity contribution in [2.45, 2.75) is 33.1 Å². The van der Waals surface area contributed by atoms with Crippen molar-refractivity contribution < 1.29 is 9.53 Å². The standard InChI is InChI=1S/C17H22O2/c1-15(2)10-6-3-4-9-13-19-17(18)14-16-11-7-5-8-12-16/h4-5,7-12H,3,6,13-14H2,1-2H3/b9-4+. The van der Waals surface area contributed by atoms with E-state index in [9.17, 15) is 4.79 Å². The quantitative estimate of drug-likeness (QED) is 0.418. The first-order valence-electron chi connectivity index (χ1n) is 6.66. The minimum Gasteiger partial charge on any atom is -0.461 e. The van der Waals surface area contributed by atoms with Gasteiger partial charge in [0.2, 0.25) is 0 Å². The van der Waals surface area contributed by atoms with Crippen molar-refractivity contribution in [1.82, 2.24) is 0 Å². The highest BCUT2D eigenvalue weighted by Gasteiger charge is 2.02. The normalized spacial score (nSPS) is 10.4. The van der Waals surface area contributed by atoms with E-state index in [-0.39, 0.29) is 5.97 Å². The lowest BCUT2D eigenvalue weighted by Gasteiger charge is -2.01. The van der Waals surface area contributed by atoms with Crippen LogP contribution in [0, 0.1) is 0 Å². The summed E-state index contributed by atoms with van der Waals surface area (Å²) in [6, 6.07) is 9.63. The topological polar surface area (TPSA) is 26.3 Å². The Balaban J connectivity index is 2.14. The first kappa shape index (κ1) is 15.2. The summed E-state index contributed by atoms with van der Waals surface area (Å²) in [4.78, 5) is 11.5. The number of carbonyl (C=O) groups is 1. The molecule has 1 rings (SSSR count). The third-order valence-corrected chi connectivity index (χ3v) is 2.58. The van der Waals surface area contributed by atoms with Gasteiger partial charge in [-0.15, -0.1) is 0 Å². The van der Waals surface area contributed by atoms with E-state index in [0.29, 0.717) is 13.0 Å².